The number of pyridine rings is 1. The molecule has 3 aromatic rings. The Kier molecular flexibility index (Phi) is 3.95. The molecule has 0 aliphatic rings. The molecule has 5 heteroatoms. The van der Waals surface area contributed by atoms with Crippen molar-refractivity contribution in [1.82, 2.24) is 4.57 Å². The third-order valence-electron chi connectivity index (χ3n) is 4.20. The number of carboxylic acid groups (broad SMARTS) is 1. The van der Waals surface area contributed by atoms with Gasteiger partial charge in [0.2, 0.25) is 0 Å². The fourth-order valence-electron chi connectivity index (χ4n) is 3.06. The zero-order chi connectivity index (χ0) is 17.4. The third-order valence-corrected chi connectivity index (χ3v) is 4.20. The quantitative estimate of drug-likeness (QED) is 0.758. The number of hydrogen-bond acceptors (Lipinski definition) is 3. The molecular formula is C19H18N2O3. The predicted molar refractivity (Wildman–Crippen MR) is 94.4 cm³/mol. The van der Waals surface area contributed by atoms with E-state index < -0.39 is 6.09 Å². The maximum Gasteiger partial charge on any atom is 0.416 e. The summed E-state index contributed by atoms with van der Waals surface area (Å²) >= 11 is 0. The van der Waals surface area contributed by atoms with Crippen LogP contribution >= 0.6 is 0 Å². The molecule has 1 heterocycles. The van der Waals surface area contributed by atoms with Gasteiger partial charge in [0.1, 0.15) is 0 Å². The van der Waals surface area contributed by atoms with E-state index in [9.17, 15) is 14.7 Å². The number of nitrogens with two attached hydrogens (primary N) is 1. The Morgan fingerprint density at radius 2 is 1.92 bits per heavy atom. The molecule has 0 spiro atoms. The zero-order valence-corrected chi connectivity index (χ0v) is 13.5. The normalized spacial score (nSPS) is 11.0. The van der Waals surface area contributed by atoms with Crippen LogP contribution < -0.4 is 11.2 Å². The maximum absolute atomic E-state index is 13.0. The van der Waals surface area contributed by atoms with E-state index >= 15 is 0 Å². The highest BCUT2D eigenvalue weighted by Gasteiger charge is 2.19. The van der Waals surface area contributed by atoms with Crippen molar-refractivity contribution in [1.29, 1.82) is 0 Å². The highest BCUT2D eigenvalue weighted by Crippen LogP contribution is 2.25. The van der Waals surface area contributed by atoms with Crippen LogP contribution in [0.15, 0.2) is 47.3 Å². The summed E-state index contributed by atoms with van der Waals surface area (Å²) < 4.78 is 1.17. The van der Waals surface area contributed by atoms with E-state index in [1.165, 1.54) is 4.57 Å². The Bertz CT molecular complexity index is 1020. The van der Waals surface area contributed by atoms with Crippen molar-refractivity contribution < 1.29 is 9.90 Å². The van der Waals surface area contributed by atoms with Crippen molar-refractivity contribution in [3.8, 4) is 11.1 Å². The summed E-state index contributed by atoms with van der Waals surface area (Å²) in [5, 5.41) is 10.0. The first-order valence-corrected chi connectivity index (χ1v) is 7.62. The van der Waals surface area contributed by atoms with E-state index in [-0.39, 0.29) is 5.43 Å². The molecule has 122 valence electrons. The van der Waals surface area contributed by atoms with E-state index in [0.717, 1.165) is 11.1 Å². The molecule has 1 aromatic heterocycles. The van der Waals surface area contributed by atoms with Crippen LogP contribution in [0.5, 0.6) is 0 Å². The van der Waals surface area contributed by atoms with E-state index in [1.807, 2.05) is 25.1 Å². The average Bonchev–Trinajstić information content (AvgIpc) is 2.55. The molecule has 0 amide bonds. The minimum absolute atomic E-state index is 0.169. The number of rotatable bonds is 2. The van der Waals surface area contributed by atoms with Crippen LogP contribution in [0.3, 0.4) is 0 Å². The molecular weight excluding hydrogens is 304 g/mol. The summed E-state index contributed by atoms with van der Waals surface area (Å²) in [5.41, 5.74) is 9.18. The van der Waals surface area contributed by atoms with Crippen LogP contribution in [0.4, 0.5) is 4.79 Å². The highest BCUT2D eigenvalue weighted by atomic mass is 16.4. The molecule has 0 fully saturated rings. The first-order valence-electron chi connectivity index (χ1n) is 7.62. The Labute approximate surface area is 139 Å². The number of hydrogen-bond donors (Lipinski definition) is 2. The van der Waals surface area contributed by atoms with Crippen LogP contribution in [0.2, 0.25) is 0 Å². The SMILES string of the molecule is Cc1ccc2c(c1)c(=O)c(-c1cccc(CN)c1)c(C)n2C(=O)O. The van der Waals surface area contributed by atoms with E-state index in [1.54, 1.807) is 31.2 Å². The zero-order valence-electron chi connectivity index (χ0n) is 13.5. The van der Waals surface area contributed by atoms with Crippen LogP contribution in [-0.2, 0) is 6.54 Å². The second kappa shape index (κ2) is 5.94. The lowest BCUT2D eigenvalue weighted by atomic mass is 9.98. The molecule has 0 aliphatic heterocycles. The van der Waals surface area contributed by atoms with Gasteiger partial charge < -0.3 is 10.8 Å². The molecule has 2 aromatic carbocycles. The Morgan fingerprint density at radius 1 is 1.17 bits per heavy atom. The molecule has 0 saturated carbocycles. The molecule has 3 N–H and O–H groups in total. The van der Waals surface area contributed by atoms with Gasteiger partial charge in [0.15, 0.2) is 5.43 Å². The maximum atomic E-state index is 13.0. The number of aryl methyl sites for hydroxylation is 1. The van der Waals surface area contributed by atoms with Crippen molar-refractivity contribution in [3.63, 3.8) is 0 Å². The fraction of sp³-hybridized carbons (Fsp3) is 0.158. The second-order valence-electron chi connectivity index (χ2n) is 5.83. The van der Waals surface area contributed by atoms with Crippen molar-refractivity contribution in [3.05, 3.63) is 69.5 Å². The Morgan fingerprint density at radius 3 is 2.58 bits per heavy atom. The molecule has 0 unspecified atom stereocenters. The number of fused-ring (bicyclic) bond motifs is 1. The van der Waals surface area contributed by atoms with Crippen molar-refractivity contribution in [2.45, 2.75) is 20.4 Å². The largest absolute Gasteiger partial charge is 0.464 e. The van der Waals surface area contributed by atoms with Crippen LogP contribution in [0, 0.1) is 13.8 Å². The van der Waals surface area contributed by atoms with Gasteiger partial charge in [-0.2, -0.15) is 0 Å². The molecule has 0 radical (unpaired) electrons. The minimum atomic E-state index is -1.11. The topological polar surface area (TPSA) is 85.3 Å². The fourth-order valence-corrected chi connectivity index (χ4v) is 3.06. The molecule has 0 aliphatic carbocycles. The van der Waals surface area contributed by atoms with Crippen LogP contribution in [0.25, 0.3) is 22.0 Å². The van der Waals surface area contributed by atoms with E-state index in [4.69, 9.17) is 5.73 Å². The third kappa shape index (κ3) is 2.49. The number of nitrogens with zero attached hydrogens (tertiary/aromatic N) is 1. The number of carbonyl (C=O) groups is 1. The van der Waals surface area contributed by atoms with Crippen LogP contribution in [0.1, 0.15) is 16.8 Å². The van der Waals surface area contributed by atoms with Crippen molar-refractivity contribution in [2.75, 3.05) is 0 Å². The van der Waals surface area contributed by atoms with Crippen LogP contribution in [-0.4, -0.2) is 15.8 Å². The van der Waals surface area contributed by atoms with Gasteiger partial charge in [-0.25, -0.2) is 9.36 Å². The van der Waals surface area contributed by atoms with Gasteiger partial charge in [-0.3, -0.25) is 4.79 Å². The summed E-state index contributed by atoms with van der Waals surface area (Å²) in [4.78, 5) is 24.8. The molecule has 5 nitrogen and oxygen atoms in total. The number of benzene rings is 2. The van der Waals surface area contributed by atoms with Crippen molar-refractivity contribution in [2.24, 2.45) is 5.73 Å². The lowest BCUT2D eigenvalue weighted by molar-refractivity contribution is 0.197. The van der Waals surface area contributed by atoms with Gasteiger partial charge in [-0.1, -0.05) is 29.8 Å². The molecule has 0 atom stereocenters. The smallest absolute Gasteiger partial charge is 0.416 e. The van der Waals surface area contributed by atoms with Gasteiger partial charge >= 0.3 is 6.09 Å². The second-order valence-corrected chi connectivity index (χ2v) is 5.83. The van der Waals surface area contributed by atoms with Gasteiger partial charge in [-0.15, -0.1) is 0 Å². The monoisotopic (exact) mass is 322 g/mol. The van der Waals surface area contributed by atoms with Gasteiger partial charge in [0.05, 0.1) is 5.52 Å². The lowest BCUT2D eigenvalue weighted by Gasteiger charge is -2.15. The Hall–Kier alpha value is -2.92. The summed E-state index contributed by atoms with van der Waals surface area (Å²) in [5.74, 6) is 0. The first kappa shape index (κ1) is 16.0. The average molecular weight is 322 g/mol. The summed E-state index contributed by atoms with van der Waals surface area (Å²) in [6.07, 6.45) is -1.11. The predicted octanol–water partition coefficient (Wildman–Crippen LogP) is 3.27. The standard InChI is InChI=1S/C19H18N2O3/c1-11-6-7-16-15(8-11)18(22)17(12(2)21(16)19(23)24)14-5-3-4-13(9-14)10-20/h3-9H,10,20H2,1-2H3,(H,23,24). The summed E-state index contributed by atoms with van der Waals surface area (Å²) in [6, 6.07) is 12.5. The van der Waals surface area contributed by atoms with Gasteiger partial charge in [0, 0.05) is 23.2 Å². The molecule has 0 bridgehead atoms. The van der Waals surface area contributed by atoms with E-state index in [2.05, 4.69) is 0 Å². The van der Waals surface area contributed by atoms with Gasteiger partial charge in [0.25, 0.3) is 0 Å². The lowest BCUT2D eigenvalue weighted by Crippen LogP contribution is -2.20. The van der Waals surface area contributed by atoms with E-state index in [0.29, 0.717) is 34.3 Å². The molecule has 3 rings (SSSR count). The highest BCUT2D eigenvalue weighted by molar-refractivity contribution is 5.92. The molecule has 24 heavy (non-hydrogen) atoms. The number of aromatic nitrogens is 1. The first-order chi connectivity index (χ1) is 11.4. The van der Waals surface area contributed by atoms with Crippen molar-refractivity contribution >= 4 is 17.0 Å². The van der Waals surface area contributed by atoms with Gasteiger partial charge in [-0.05, 0) is 43.2 Å². The summed E-state index contributed by atoms with van der Waals surface area (Å²) in [7, 11) is 0. The Balaban J connectivity index is 2.48. The molecule has 0 saturated heterocycles. The summed E-state index contributed by atoms with van der Waals surface area (Å²) in [6.45, 7) is 3.88. The minimum Gasteiger partial charge on any atom is -0.464 e.